The Balaban J connectivity index is 0.000000128. The quantitative estimate of drug-likeness (QED) is 0.114. The van der Waals surface area contributed by atoms with E-state index in [2.05, 4.69) is 436 Å². The van der Waals surface area contributed by atoms with Crippen LogP contribution in [-0.4, -0.2) is 9.97 Å². The first-order chi connectivity index (χ1) is 53.0. The highest BCUT2D eigenvalue weighted by Gasteiger charge is 2.25. The van der Waals surface area contributed by atoms with Gasteiger partial charge in [-0.15, -0.1) is 0 Å². The van der Waals surface area contributed by atoms with Crippen LogP contribution >= 0.6 is 0 Å². The second-order valence-corrected chi connectivity index (χ2v) is 28.0. The third-order valence-electron chi connectivity index (χ3n) is 20.8. The Hall–Kier alpha value is -13.2. The highest BCUT2D eigenvalue weighted by atomic mass is 15.0. The SMILES string of the molecule is Cc1c(-c2cccc[n+]2C)cccc1-c1cc(-c2ccccn2)cc[n+]1C.Cc1c(-c2cccc[n+]2C)cccc1-c1ccc(-c2ccccc2)c[n+]1C.Cc1c(-c2cccc[n+]2C)cccc1-c1ccc(-c2ccccn2)c[n+]1C.Cc1cc(-c2cccc(-c3cccc[n+]3C)c2C)[n+](C)cc1-c1ccccc1. The molecule has 0 saturated heterocycles. The number of aryl methyl sites for hydroxylation is 9. The maximum Gasteiger partial charge on any atom is 0.213 e. The molecule has 10 heterocycles. The molecule has 10 nitrogen and oxygen atoms in total. The van der Waals surface area contributed by atoms with Gasteiger partial charge in [-0.25, -0.2) is 36.5 Å². The first-order valence-electron chi connectivity index (χ1n) is 37.1. The van der Waals surface area contributed by atoms with E-state index in [0.29, 0.717) is 0 Å². The van der Waals surface area contributed by atoms with Crippen LogP contribution in [0.1, 0.15) is 27.8 Å². The summed E-state index contributed by atoms with van der Waals surface area (Å²) in [5.74, 6) is 0. The predicted octanol–water partition coefficient (Wildman–Crippen LogP) is 17.7. The molecule has 0 aliphatic carbocycles. The van der Waals surface area contributed by atoms with Gasteiger partial charge in [0, 0.05) is 152 Å². The fourth-order valence-electron chi connectivity index (χ4n) is 14.7. The first-order valence-corrected chi connectivity index (χ1v) is 37.1. The van der Waals surface area contributed by atoms with E-state index in [1.54, 1.807) is 0 Å². The summed E-state index contributed by atoms with van der Waals surface area (Å²) >= 11 is 0. The third-order valence-corrected chi connectivity index (χ3v) is 20.8. The summed E-state index contributed by atoms with van der Waals surface area (Å²) in [4.78, 5) is 8.96. The van der Waals surface area contributed by atoms with Crippen molar-refractivity contribution in [3.8, 4) is 135 Å². The summed E-state index contributed by atoms with van der Waals surface area (Å²) in [5, 5.41) is 0. The van der Waals surface area contributed by atoms with E-state index in [9.17, 15) is 0 Å². The zero-order valence-electron chi connectivity index (χ0n) is 64.9. The van der Waals surface area contributed by atoms with Gasteiger partial charge in [-0.05, 0) is 183 Å². The minimum absolute atomic E-state index is 0.987. The lowest BCUT2D eigenvalue weighted by Crippen LogP contribution is -2.32. The molecule has 0 aliphatic heterocycles. The Morgan fingerprint density at radius 3 is 0.881 bits per heavy atom. The van der Waals surface area contributed by atoms with Gasteiger partial charge in [-0.3, -0.25) is 9.97 Å². The predicted molar refractivity (Wildman–Crippen MR) is 440 cm³/mol. The smallest absolute Gasteiger partial charge is 0.213 e. The van der Waals surface area contributed by atoms with Gasteiger partial charge in [-0.2, -0.15) is 0 Å². The van der Waals surface area contributed by atoms with Gasteiger partial charge in [-0.1, -0.05) is 97.1 Å². The lowest BCUT2D eigenvalue weighted by Gasteiger charge is -2.11. The molecule has 6 aromatic carbocycles. The Bertz CT molecular complexity index is 5720. The highest BCUT2D eigenvalue weighted by molar-refractivity contribution is 5.79. The van der Waals surface area contributed by atoms with Crippen LogP contribution in [0.25, 0.3) is 135 Å². The first kappa shape index (κ1) is 74.1. The van der Waals surface area contributed by atoms with Crippen LogP contribution in [0.4, 0.5) is 0 Å². The van der Waals surface area contributed by atoms with Crippen molar-refractivity contribution in [2.75, 3.05) is 0 Å². The molecule has 16 rings (SSSR count). The van der Waals surface area contributed by atoms with Crippen molar-refractivity contribution in [1.29, 1.82) is 0 Å². The van der Waals surface area contributed by atoms with Gasteiger partial charge in [0.1, 0.15) is 56.4 Å². The van der Waals surface area contributed by atoms with E-state index in [-0.39, 0.29) is 0 Å². The molecule has 0 atom stereocenters. The molecule has 0 unspecified atom stereocenters. The molecule has 0 spiro atoms. The van der Waals surface area contributed by atoms with Gasteiger partial charge < -0.3 is 0 Å². The maximum atomic E-state index is 4.50. The summed E-state index contributed by atoms with van der Waals surface area (Å²) in [7, 11) is 16.8. The molecule has 0 N–H and O–H groups in total. The summed E-state index contributed by atoms with van der Waals surface area (Å²) < 4.78 is 17.5. The Kier molecular flexibility index (Phi) is 23.1. The number of pyridine rings is 10. The molecule has 0 amide bonds. The standard InChI is InChI=1S/C26H26N2.C25H24N2.2C24H23N3/c1-19-17-26(28(4)18-24(19)21-11-6-5-7-12-21)23-14-10-13-22(20(23)2)25-15-8-9-16-27(25)3;1-19-22(24-14-7-8-17-26(24)2)12-9-13-23(19)25-16-15-21(18-27(25)3)20-10-5-4-6-11-20;1-18-20(23-12-5-7-16-26(23)2)9-8-10-21(18)24-14-13-19(17-27(24)3)22-11-4-6-15-25-22;1-18-20(23-12-5-7-15-26(23)2)9-8-10-21(18)24-17-19(13-16-27(24)3)22-11-4-6-14-25-22/h5-18H,1-4H3;4-18H,1-3H3;2*4-17H,1-3H3/q4*+2. The minimum Gasteiger partial charge on any atom is -0.256 e. The average Bonchev–Trinajstić information content (AvgIpc) is 0.794. The minimum atomic E-state index is 0.987. The van der Waals surface area contributed by atoms with E-state index in [0.717, 1.165) is 22.5 Å². The van der Waals surface area contributed by atoms with Gasteiger partial charge >= 0.3 is 0 Å². The van der Waals surface area contributed by atoms with Crippen LogP contribution in [0.15, 0.2) is 347 Å². The van der Waals surface area contributed by atoms with Gasteiger partial charge in [0.25, 0.3) is 0 Å². The van der Waals surface area contributed by atoms with Gasteiger partial charge in [0.2, 0.25) is 45.6 Å². The molecule has 16 aromatic rings. The fourth-order valence-corrected chi connectivity index (χ4v) is 14.7. The van der Waals surface area contributed by atoms with E-state index < -0.39 is 0 Å². The van der Waals surface area contributed by atoms with E-state index in [4.69, 9.17) is 0 Å². The summed E-state index contributed by atoms with van der Waals surface area (Å²) in [6.07, 6.45) is 20.7. The van der Waals surface area contributed by atoms with Crippen molar-refractivity contribution in [2.24, 2.45) is 56.4 Å². The van der Waals surface area contributed by atoms with Crippen molar-refractivity contribution in [3.05, 3.63) is 375 Å². The zero-order valence-corrected chi connectivity index (χ0v) is 64.9. The molecule has 0 aliphatic rings. The molecular formula is C99H96N10+8. The van der Waals surface area contributed by atoms with Gasteiger partial charge in [0.15, 0.2) is 49.6 Å². The molecule has 10 heteroatoms. The van der Waals surface area contributed by atoms with E-state index in [1.165, 1.54) is 140 Å². The molecular weight excluding hydrogens is 1330 g/mol. The topological polar surface area (TPSA) is 56.8 Å². The van der Waals surface area contributed by atoms with Crippen molar-refractivity contribution in [3.63, 3.8) is 0 Å². The lowest BCUT2D eigenvalue weighted by molar-refractivity contribution is -0.660. The van der Waals surface area contributed by atoms with Crippen molar-refractivity contribution < 1.29 is 36.5 Å². The molecule has 0 bridgehead atoms. The van der Waals surface area contributed by atoms with E-state index in [1.807, 2.05) is 48.8 Å². The number of rotatable bonds is 12. The summed E-state index contributed by atoms with van der Waals surface area (Å²) in [5.41, 5.74) is 35.4. The highest BCUT2D eigenvalue weighted by Crippen LogP contribution is 2.36. The zero-order chi connectivity index (χ0) is 76.1. The fraction of sp³-hybridized carbons (Fsp3) is 0.131. The van der Waals surface area contributed by atoms with Crippen LogP contribution < -0.4 is 36.5 Å². The second-order valence-electron chi connectivity index (χ2n) is 28.0. The largest absolute Gasteiger partial charge is 0.256 e. The lowest BCUT2D eigenvalue weighted by atomic mass is 9.95. The number of benzene rings is 6. The normalized spacial score (nSPS) is 10.8. The van der Waals surface area contributed by atoms with Crippen LogP contribution in [0.5, 0.6) is 0 Å². The summed E-state index contributed by atoms with van der Waals surface area (Å²) in [6.45, 7) is 11.0. The second kappa shape index (κ2) is 33.9. The van der Waals surface area contributed by atoms with E-state index >= 15 is 0 Å². The van der Waals surface area contributed by atoms with Gasteiger partial charge in [0.05, 0.1) is 17.0 Å². The number of nitrogens with zero attached hydrogens (tertiary/aromatic N) is 10. The Labute approximate surface area is 643 Å². The molecule has 109 heavy (non-hydrogen) atoms. The van der Waals surface area contributed by atoms with Crippen molar-refractivity contribution in [2.45, 2.75) is 34.6 Å². The van der Waals surface area contributed by atoms with Crippen molar-refractivity contribution in [1.82, 2.24) is 9.97 Å². The molecule has 10 aromatic heterocycles. The van der Waals surface area contributed by atoms with Crippen LogP contribution in [0.2, 0.25) is 0 Å². The number of hydrogen-bond donors (Lipinski definition) is 0. The molecule has 534 valence electrons. The molecule has 0 fully saturated rings. The number of hydrogen-bond acceptors (Lipinski definition) is 2. The van der Waals surface area contributed by atoms with Crippen LogP contribution in [0.3, 0.4) is 0 Å². The Morgan fingerprint density at radius 1 is 0.193 bits per heavy atom. The monoisotopic (exact) mass is 1420 g/mol. The number of aromatic nitrogens is 10. The average molecular weight is 1430 g/mol. The summed E-state index contributed by atoms with van der Waals surface area (Å²) in [6, 6.07) is 100.0. The van der Waals surface area contributed by atoms with Crippen molar-refractivity contribution >= 4 is 0 Å². The molecule has 0 saturated carbocycles. The third kappa shape index (κ3) is 16.6. The molecule has 0 radical (unpaired) electrons. The Morgan fingerprint density at radius 2 is 0.505 bits per heavy atom. The maximum absolute atomic E-state index is 4.50. The van der Waals surface area contributed by atoms with Crippen LogP contribution in [0, 0.1) is 34.6 Å². The van der Waals surface area contributed by atoms with Crippen LogP contribution in [-0.2, 0) is 56.4 Å².